The number of ether oxygens (including phenoxy) is 1. The van der Waals surface area contributed by atoms with Crippen LogP contribution in [-0.4, -0.2) is 117 Å². The monoisotopic (exact) mass is 903 g/mol. The number of amides is 4. The Labute approximate surface area is 376 Å². The molecule has 3 aliphatic heterocycles. The van der Waals surface area contributed by atoms with Gasteiger partial charge < -0.3 is 30.1 Å². The summed E-state index contributed by atoms with van der Waals surface area (Å²) >= 11 is 0. The number of nitrogens with zero attached hydrogens (tertiary/aromatic N) is 8. The van der Waals surface area contributed by atoms with Gasteiger partial charge in [-0.1, -0.05) is 12.1 Å². The fourth-order valence-corrected chi connectivity index (χ4v) is 9.83. The molecule has 1 saturated carbocycles. The minimum absolute atomic E-state index is 0.0241. The molecule has 1 unspecified atom stereocenters. The molecule has 6 heterocycles. The van der Waals surface area contributed by atoms with E-state index >= 15 is 0 Å². The molecule has 8 rings (SSSR count). The molecule has 4 fully saturated rings. The van der Waals surface area contributed by atoms with Crippen molar-refractivity contribution in [3.8, 4) is 0 Å². The molecule has 4 aliphatic rings. The molecule has 19 heteroatoms. The summed E-state index contributed by atoms with van der Waals surface area (Å²) < 4.78 is 52.0. The highest BCUT2D eigenvalue weighted by molar-refractivity contribution is 6.08. The van der Waals surface area contributed by atoms with Gasteiger partial charge in [0.25, 0.3) is 12.3 Å². The predicted octanol–water partition coefficient (Wildman–Crippen LogP) is 6.66. The summed E-state index contributed by atoms with van der Waals surface area (Å²) in [5.41, 5.74) is 0.911. The first-order valence-corrected chi connectivity index (χ1v) is 22.8. The number of fused-ring (bicyclic) bond motifs is 1. The van der Waals surface area contributed by atoms with Crippen molar-refractivity contribution in [3.63, 3.8) is 0 Å². The van der Waals surface area contributed by atoms with Gasteiger partial charge in [-0.2, -0.15) is 10.2 Å². The Morgan fingerprint density at radius 3 is 2.51 bits per heavy atom. The Balaban J connectivity index is 0.824. The molecule has 350 valence electrons. The minimum Gasteiger partial charge on any atom is -0.444 e. The third kappa shape index (κ3) is 11.2. The van der Waals surface area contributed by atoms with Crippen molar-refractivity contribution in [3.05, 3.63) is 65.7 Å². The number of piperidine rings is 3. The molecule has 4 amide bonds. The summed E-state index contributed by atoms with van der Waals surface area (Å²) in [4.78, 5) is 61.3. The number of alkyl halides is 3. The molecule has 1 aliphatic carbocycles. The van der Waals surface area contributed by atoms with Gasteiger partial charge in [-0.25, -0.2) is 27.5 Å². The third-order valence-corrected chi connectivity index (χ3v) is 13.2. The van der Waals surface area contributed by atoms with Crippen LogP contribution in [0.1, 0.15) is 119 Å². The summed E-state index contributed by atoms with van der Waals surface area (Å²) in [7, 11) is 2.09. The summed E-state index contributed by atoms with van der Waals surface area (Å²) in [6, 6.07) is 9.09. The molecule has 3 saturated heterocycles. The highest BCUT2D eigenvalue weighted by Gasteiger charge is 2.33. The lowest BCUT2D eigenvalue weighted by molar-refractivity contribution is -0.134. The van der Waals surface area contributed by atoms with Gasteiger partial charge in [0.05, 0.1) is 36.4 Å². The molecule has 4 aromatic rings. The maximum atomic E-state index is 14.9. The van der Waals surface area contributed by atoms with E-state index in [0.29, 0.717) is 30.5 Å². The Hall–Kier alpha value is -5.72. The lowest BCUT2D eigenvalue weighted by atomic mass is 9.85. The Bertz CT molecular complexity index is 2350. The van der Waals surface area contributed by atoms with Crippen LogP contribution in [0.5, 0.6) is 0 Å². The third-order valence-electron chi connectivity index (χ3n) is 13.2. The second-order valence-electron chi connectivity index (χ2n) is 19.3. The molecule has 0 bridgehead atoms. The van der Waals surface area contributed by atoms with E-state index in [2.05, 4.69) is 60.1 Å². The molecule has 16 nitrogen and oxygen atoms in total. The first-order chi connectivity index (χ1) is 31.0. The van der Waals surface area contributed by atoms with E-state index < -0.39 is 41.9 Å². The van der Waals surface area contributed by atoms with E-state index in [1.54, 1.807) is 42.6 Å². The molecule has 3 atom stereocenters. The van der Waals surface area contributed by atoms with E-state index in [4.69, 9.17) is 4.74 Å². The minimum atomic E-state index is -2.92. The first-order valence-electron chi connectivity index (χ1n) is 22.8. The molecule has 65 heavy (non-hydrogen) atoms. The van der Waals surface area contributed by atoms with Crippen molar-refractivity contribution < 1.29 is 37.1 Å². The van der Waals surface area contributed by atoms with Crippen molar-refractivity contribution in [2.75, 3.05) is 61.4 Å². The highest BCUT2D eigenvalue weighted by atomic mass is 19.3. The number of rotatable bonds is 12. The molecule has 3 N–H and O–H groups in total. The lowest BCUT2D eigenvalue weighted by Gasteiger charge is -2.38. The van der Waals surface area contributed by atoms with Crippen LogP contribution in [0, 0.1) is 11.8 Å². The van der Waals surface area contributed by atoms with Crippen LogP contribution >= 0.6 is 0 Å². The predicted molar refractivity (Wildman–Crippen MR) is 238 cm³/mol. The second kappa shape index (κ2) is 19.4. The zero-order chi connectivity index (χ0) is 46.0. The largest absolute Gasteiger partial charge is 0.444 e. The summed E-state index contributed by atoms with van der Waals surface area (Å²) in [6.07, 6.45) is 6.18. The Morgan fingerprint density at radius 2 is 1.78 bits per heavy atom. The van der Waals surface area contributed by atoms with E-state index in [9.17, 15) is 32.3 Å². The number of benzene rings is 1. The van der Waals surface area contributed by atoms with Gasteiger partial charge in [0.2, 0.25) is 11.8 Å². The maximum absolute atomic E-state index is 14.9. The van der Waals surface area contributed by atoms with Crippen molar-refractivity contribution >= 4 is 46.7 Å². The summed E-state index contributed by atoms with van der Waals surface area (Å²) in [6.45, 7) is 9.46. The van der Waals surface area contributed by atoms with Gasteiger partial charge >= 0.3 is 6.09 Å². The quantitative estimate of drug-likeness (QED) is 0.130. The molecule has 0 radical (unpaired) electrons. The number of anilines is 3. The fraction of sp³-hybridized carbons (Fsp3) is 0.587. The summed E-state index contributed by atoms with van der Waals surface area (Å²) in [5, 5.41) is 16.4. The number of halogens is 3. The number of hydrogen-bond donors (Lipinski definition) is 3. The van der Waals surface area contributed by atoms with Crippen LogP contribution in [0.3, 0.4) is 0 Å². The molecular weight excluding hydrogens is 844 g/mol. The van der Waals surface area contributed by atoms with E-state index in [1.807, 2.05) is 12.1 Å². The van der Waals surface area contributed by atoms with Crippen molar-refractivity contribution in [1.29, 1.82) is 0 Å². The van der Waals surface area contributed by atoms with Gasteiger partial charge in [0, 0.05) is 57.6 Å². The van der Waals surface area contributed by atoms with Crippen LogP contribution in [0.25, 0.3) is 5.65 Å². The van der Waals surface area contributed by atoms with Crippen molar-refractivity contribution in [2.24, 2.45) is 11.8 Å². The fourth-order valence-electron chi connectivity index (χ4n) is 9.83. The number of aromatic nitrogens is 5. The molecule has 0 spiro atoms. The maximum Gasteiger partial charge on any atom is 0.407 e. The lowest BCUT2D eigenvalue weighted by Crippen LogP contribution is -2.52. The van der Waals surface area contributed by atoms with Gasteiger partial charge in [-0.05, 0) is 114 Å². The van der Waals surface area contributed by atoms with Crippen LogP contribution in [0.15, 0.2) is 48.9 Å². The zero-order valence-corrected chi connectivity index (χ0v) is 37.5. The van der Waals surface area contributed by atoms with Gasteiger partial charge in [0.15, 0.2) is 11.3 Å². The Morgan fingerprint density at radius 1 is 1.02 bits per heavy atom. The molecule has 3 aromatic heterocycles. The number of carbonyl (C=O) groups excluding carboxylic acids is 4. The normalized spacial score (nSPS) is 23.7. The number of hydrogen-bond acceptors (Lipinski definition) is 11. The van der Waals surface area contributed by atoms with Gasteiger partial charge in [-0.3, -0.25) is 24.4 Å². The average Bonchev–Trinajstić information content (AvgIpc) is 3.88. The number of alkyl carbamates (subject to hydrolysis) is 1. The number of imide groups is 1. The van der Waals surface area contributed by atoms with Crippen molar-refractivity contribution in [2.45, 2.75) is 115 Å². The van der Waals surface area contributed by atoms with Crippen LogP contribution < -0.4 is 25.8 Å². The Kier molecular flexibility index (Phi) is 13.7. The smallest absolute Gasteiger partial charge is 0.407 e. The highest BCUT2D eigenvalue weighted by Crippen LogP contribution is 2.36. The van der Waals surface area contributed by atoms with E-state index in [0.717, 1.165) is 76.0 Å². The van der Waals surface area contributed by atoms with E-state index in [1.165, 1.54) is 16.9 Å². The van der Waals surface area contributed by atoms with Gasteiger partial charge in [-0.15, -0.1) is 0 Å². The molecule has 1 aromatic carbocycles. The topological polar surface area (TPSA) is 171 Å². The first kappa shape index (κ1) is 45.8. The number of nitrogens with one attached hydrogen (secondary N) is 3. The van der Waals surface area contributed by atoms with Crippen LogP contribution in [0.2, 0.25) is 0 Å². The second-order valence-corrected chi connectivity index (χ2v) is 19.3. The SMILES string of the molecule is CN(CC1CCN(CC2CCC(n3cc(NC(=O)c4cnn5ccc(N6C[C@H](F)C[C@@H](NC(=O)OC(C)(C)C)C6)nc45)c(C(F)F)n3)CC2)CC1)c1cccc(C2CCC(=O)NC2=O)c1. The van der Waals surface area contributed by atoms with Crippen molar-refractivity contribution in [1.82, 2.24) is 39.9 Å². The van der Waals surface area contributed by atoms with Gasteiger partial charge in [0.1, 0.15) is 23.2 Å². The molecular formula is C46H60F3N11O5. The standard InChI is InChI=1S/C46H60F3N11O5/c1-46(2,3)65-45(64)51-32-21-31(47)25-58(26-32)38-16-19-59-42(53-38)36(22-50-59)44(63)52-37-27-60(55-40(37)41(48)49)33-10-8-28(9-11-33)24-57-17-14-29(15-18-57)23-56(4)34-7-5-6-30(20-34)35-12-13-39(61)54-43(35)62/h5-7,16,19-20,22,27-29,31-33,35,41H,8-15,17-18,21,23-26H2,1-4H3,(H,51,64)(H,52,63)(H,54,61,62)/t28?,31-,32-,33?,35?/m1/s1. The van der Waals surface area contributed by atoms with Crippen LogP contribution in [-0.2, 0) is 14.3 Å². The average molecular weight is 904 g/mol. The zero-order valence-electron chi connectivity index (χ0n) is 37.5. The number of likely N-dealkylation sites (tertiary alicyclic amines) is 1. The van der Waals surface area contributed by atoms with Crippen LogP contribution in [0.4, 0.5) is 35.2 Å². The summed E-state index contributed by atoms with van der Waals surface area (Å²) in [5.74, 6) is -0.0311. The van der Waals surface area contributed by atoms with E-state index in [-0.39, 0.29) is 60.2 Å². The number of carbonyl (C=O) groups is 4.